The number of nitrogens with zero attached hydrogens (tertiary/aromatic N) is 1. The molecule has 1 fully saturated rings. The molecule has 0 aromatic rings. The molecule has 1 aliphatic heterocycles. The van der Waals surface area contributed by atoms with Gasteiger partial charge in [0.25, 0.3) is 0 Å². The molecule has 1 heterocycles. The Morgan fingerprint density at radius 2 is 2.18 bits per heavy atom. The van der Waals surface area contributed by atoms with Crippen LogP contribution in [0.3, 0.4) is 0 Å². The quantitative estimate of drug-likeness (QED) is 0.740. The number of ether oxygens (including phenoxy) is 1. The first-order valence-corrected chi connectivity index (χ1v) is 7.16. The molecule has 0 spiro atoms. The molecule has 2 unspecified atom stereocenters. The average Bonchev–Trinajstić information content (AvgIpc) is 2.33. The number of hydrogen-bond acceptors (Lipinski definition) is 3. The zero-order valence-electron chi connectivity index (χ0n) is 12.0. The first kappa shape index (κ1) is 14.9. The monoisotopic (exact) mass is 242 g/mol. The summed E-state index contributed by atoms with van der Waals surface area (Å²) in [6.45, 7) is 10.9. The van der Waals surface area contributed by atoms with Gasteiger partial charge in [-0.05, 0) is 45.3 Å². The summed E-state index contributed by atoms with van der Waals surface area (Å²) in [6, 6.07) is 1.16. The number of hydrogen-bond donors (Lipinski definition) is 1. The van der Waals surface area contributed by atoms with Gasteiger partial charge in [0.2, 0.25) is 0 Å². The van der Waals surface area contributed by atoms with E-state index in [-0.39, 0.29) is 0 Å². The predicted octanol–water partition coefficient (Wildman–Crippen LogP) is 2.12. The molecule has 17 heavy (non-hydrogen) atoms. The average molecular weight is 242 g/mol. The molecule has 2 atom stereocenters. The lowest BCUT2D eigenvalue weighted by Gasteiger charge is -2.38. The van der Waals surface area contributed by atoms with Crippen LogP contribution in [0.1, 0.15) is 40.0 Å². The highest BCUT2D eigenvalue weighted by Gasteiger charge is 2.28. The fourth-order valence-corrected chi connectivity index (χ4v) is 2.35. The van der Waals surface area contributed by atoms with E-state index < -0.39 is 0 Å². The van der Waals surface area contributed by atoms with Crippen molar-refractivity contribution in [1.29, 1.82) is 0 Å². The predicted molar refractivity (Wildman–Crippen MR) is 73.4 cm³/mol. The summed E-state index contributed by atoms with van der Waals surface area (Å²) in [5.41, 5.74) is 0. The Bertz CT molecular complexity index is 197. The smallest absolute Gasteiger partial charge is 0.0636 e. The molecule has 3 heteroatoms. The van der Waals surface area contributed by atoms with E-state index >= 15 is 0 Å². The molecule has 1 N–H and O–H groups in total. The van der Waals surface area contributed by atoms with Crippen LogP contribution in [0.15, 0.2) is 0 Å². The molecule has 0 bridgehead atoms. The summed E-state index contributed by atoms with van der Waals surface area (Å²) in [7, 11) is 2.24. The summed E-state index contributed by atoms with van der Waals surface area (Å²) >= 11 is 0. The first-order valence-electron chi connectivity index (χ1n) is 7.16. The van der Waals surface area contributed by atoms with Crippen molar-refractivity contribution >= 4 is 0 Å². The number of rotatable bonds is 7. The molecule has 1 aliphatic rings. The minimum absolute atomic E-state index is 0.550. The Morgan fingerprint density at radius 1 is 1.41 bits per heavy atom. The summed E-state index contributed by atoms with van der Waals surface area (Å²) < 4.78 is 5.64. The molecular formula is C14H30N2O. The highest BCUT2D eigenvalue weighted by molar-refractivity contribution is 4.86. The molecule has 0 radical (unpaired) electrons. The highest BCUT2D eigenvalue weighted by atomic mass is 16.5. The lowest BCUT2D eigenvalue weighted by atomic mass is 10.0. The molecular weight excluding hydrogens is 212 g/mol. The van der Waals surface area contributed by atoms with Gasteiger partial charge in [0.05, 0.1) is 6.61 Å². The van der Waals surface area contributed by atoms with Crippen molar-refractivity contribution in [3.8, 4) is 0 Å². The summed E-state index contributed by atoms with van der Waals surface area (Å²) in [6.07, 6.45) is 3.63. The lowest BCUT2D eigenvalue weighted by molar-refractivity contribution is 0.00496. The van der Waals surface area contributed by atoms with E-state index in [1.54, 1.807) is 0 Å². The van der Waals surface area contributed by atoms with Gasteiger partial charge in [-0.1, -0.05) is 20.8 Å². The van der Waals surface area contributed by atoms with Crippen LogP contribution in [0.5, 0.6) is 0 Å². The van der Waals surface area contributed by atoms with E-state index in [1.165, 1.54) is 19.4 Å². The third-order valence-electron chi connectivity index (χ3n) is 3.61. The van der Waals surface area contributed by atoms with Crippen LogP contribution in [-0.2, 0) is 4.74 Å². The van der Waals surface area contributed by atoms with Crippen molar-refractivity contribution in [2.45, 2.75) is 52.1 Å². The maximum Gasteiger partial charge on any atom is 0.0636 e. The van der Waals surface area contributed by atoms with Crippen molar-refractivity contribution < 1.29 is 4.74 Å². The lowest BCUT2D eigenvalue weighted by Crippen LogP contribution is -2.54. The maximum absolute atomic E-state index is 5.64. The Balaban J connectivity index is 2.39. The molecule has 0 aliphatic carbocycles. The number of likely N-dealkylation sites (N-methyl/N-ethyl adjacent to an activating group) is 1. The second-order valence-electron chi connectivity index (χ2n) is 5.65. The topological polar surface area (TPSA) is 24.5 Å². The van der Waals surface area contributed by atoms with Crippen LogP contribution in [0.25, 0.3) is 0 Å². The van der Waals surface area contributed by atoms with Crippen LogP contribution >= 0.6 is 0 Å². The molecule has 3 nitrogen and oxygen atoms in total. The molecule has 0 aromatic heterocycles. The Hall–Kier alpha value is -0.120. The second kappa shape index (κ2) is 8.06. The van der Waals surface area contributed by atoms with Crippen LogP contribution in [0.2, 0.25) is 0 Å². The van der Waals surface area contributed by atoms with Gasteiger partial charge in [0.15, 0.2) is 0 Å². The Morgan fingerprint density at radius 3 is 2.82 bits per heavy atom. The summed E-state index contributed by atoms with van der Waals surface area (Å²) in [5, 5.41) is 3.67. The third-order valence-corrected chi connectivity index (χ3v) is 3.61. The Labute approximate surface area is 107 Å². The standard InChI is InChI=1S/C14H30N2O/c1-5-8-15-13-7-10-17-11-14(13)16(4)9-6-12(2)3/h12-15H,5-11H2,1-4H3. The van der Waals surface area contributed by atoms with Gasteiger partial charge >= 0.3 is 0 Å². The largest absolute Gasteiger partial charge is 0.380 e. The zero-order chi connectivity index (χ0) is 12.7. The molecule has 0 saturated carbocycles. The van der Waals surface area contributed by atoms with E-state index in [9.17, 15) is 0 Å². The molecule has 102 valence electrons. The second-order valence-corrected chi connectivity index (χ2v) is 5.65. The van der Waals surface area contributed by atoms with Crippen molar-refractivity contribution in [2.75, 3.05) is 33.4 Å². The summed E-state index contributed by atoms with van der Waals surface area (Å²) in [5.74, 6) is 0.781. The Kier molecular flexibility index (Phi) is 7.09. The van der Waals surface area contributed by atoms with E-state index in [4.69, 9.17) is 4.74 Å². The van der Waals surface area contributed by atoms with Crippen LogP contribution in [0.4, 0.5) is 0 Å². The normalized spacial score (nSPS) is 25.8. The van der Waals surface area contributed by atoms with Gasteiger partial charge in [-0.2, -0.15) is 0 Å². The minimum Gasteiger partial charge on any atom is -0.380 e. The van der Waals surface area contributed by atoms with Gasteiger partial charge in [-0.15, -0.1) is 0 Å². The van der Waals surface area contributed by atoms with E-state index in [2.05, 4.69) is 38.0 Å². The minimum atomic E-state index is 0.550. The third kappa shape index (κ3) is 5.36. The number of nitrogens with one attached hydrogen (secondary N) is 1. The van der Waals surface area contributed by atoms with Crippen LogP contribution in [0, 0.1) is 5.92 Å². The van der Waals surface area contributed by atoms with Crippen LogP contribution < -0.4 is 5.32 Å². The maximum atomic E-state index is 5.64. The molecule has 1 rings (SSSR count). The highest BCUT2D eigenvalue weighted by Crippen LogP contribution is 2.14. The van der Waals surface area contributed by atoms with Gasteiger partial charge in [0, 0.05) is 18.7 Å². The van der Waals surface area contributed by atoms with E-state index in [1.807, 2.05) is 0 Å². The fraction of sp³-hybridized carbons (Fsp3) is 1.00. The molecule has 0 aromatic carbocycles. The molecule has 0 amide bonds. The van der Waals surface area contributed by atoms with Gasteiger partial charge in [-0.25, -0.2) is 0 Å². The molecule has 1 saturated heterocycles. The van der Waals surface area contributed by atoms with Gasteiger partial charge < -0.3 is 10.1 Å². The van der Waals surface area contributed by atoms with Crippen molar-refractivity contribution in [2.24, 2.45) is 5.92 Å². The van der Waals surface area contributed by atoms with Gasteiger partial charge in [-0.3, -0.25) is 4.90 Å². The SMILES string of the molecule is CCCNC1CCOCC1N(C)CCC(C)C. The van der Waals surface area contributed by atoms with Crippen molar-refractivity contribution in [1.82, 2.24) is 10.2 Å². The van der Waals surface area contributed by atoms with E-state index in [0.717, 1.165) is 32.1 Å². The van der Waals surface area contributed by atoms with Gasteiger partial charge in [0.1, 0.15) is 0 Å². The summed E-state index contributed by atoms with van der Waals surface area (Å²) in [4.78, 5) is 2.48. The fourth-order valence-electron chi connectivity index (χ4n) is 2.35. The van der Waals surface area contributed by atoms with Crippen molar-refractivity contribution in [3.63, 3.8) is 0 Å². The zero-order valence-corrected chi connectivity index (χ0v) is 12.0. The van der Waals surface area contributed by atoms with Crippen LogP contribution in [-0.4, -0.2) is 50.3 Å². The first-order chi connectivity index (χ1) is 8.15. The van der Waals surface area contributed by atoms with E-state index in [0.29, 0.717) is 12.1 Å². The van der Waals surface area contributed by atoms with Crippen molar-refractivity contribution in [3.05, 3.63) is 0 Å².